The van der Waals surface area contributed by atoms with Crippen molar-refractivity contribution in [1.29, 1.82) is 0 Å². The van der Waals surface area contributed by atoms with Crippen LogP contribution in [-0.4, -0.2) is 22.8 Å². The van der Waals surface area contributed by atoms with Crippen molar-refractivity contribution >= 4 is 5.97 Å². The largest absolute Gasteiger partial charge is 0.462 e. The van der Waals surface area contributed by atoms with E-state index in [4.69, 9.17) is 4.74 Å². The highest BCUT2D eigenvalue weighted by Gasteiger charge is 2.14. The molecule has 1 heterocycles. The van der Waals surface area contributed by atoms with E-state index in [1.165, 1.54) is 6.20 Å². The lowest BCUT2D eigenvalue weighted by molar-refractivity contribution is 0.0523. The number of hydrogen-bond acceptors (Lipinski definition) is 4. The van der Waals surface area contributed by atoms with Crippen molar-refractivity contribution in [3.8, 4) is 0 Å². The summed E-state index contributed by atoms with van der Waals surface area (Å²) in [5, 5.41) is 5.72. The van der Waals surface area contributed by atoms with E-state index in [9.17, 15) is 9.59 Å². The molecule has 0 saturated heterocycles. The first kappa shape index (κ1) is 9.44. The van der Waals surface area contributed by atoms with Crippen LogP contribution in [0.2, 0.25) is 0 Å². The number of nitrogens with one attached hydrogen (secondary N) is 1. The molecule has 13 heavy (non-hydrogen) atoms. The number of rotatable bonds is 2. The first-order chi connectivity index (χ1) is 6.16. The van der Waals surface area contributed by atoms with Crippen molar-refractivity contribution in [3.05, 3.63) is 27.7 Å². The van der Waals surface area contributed by atoms with Crippen LogP contribution in [0.4, 0.5) is 0 Å². The molecule has 0 aromatic carbocycles. The van der Waals surface area contributed by atoms with E-state index >= 15 is 0 Å². The van der Waals surface area contributed by atoms with Gasteiger partial charge in [-0.05, 0) is 19.4 Å². The number of esters is 1. The lowest BCUT2D eigenvalue weighted by Crippen LogP contribution is -2.22. The predicted octanol–water partition coefficient (Wildman–Crippen LogP) is 0.255. The lowest BCUT2D eigenvalue weighted by atomic mass is 10.2. The van der Waals surface area contributed by atoms with E-state index in [0.29, 0.717) is 5.56 Å². The summed E-state index contributed by atoms with van der Waals surface area (Å²) >= 11 is 0. The Bertz CT molecular complexity index is 370. The van der Waals surface area contributed by atoms with E-state index in [0.717, 1.165) is 0 Å². The van der Waals surface area contributed by atoms with Crippen molar-refractivity contribution in [2.45, 2.75) is 13.8 Å². The Balaban J connectivity index is 3.13. The van der Waals surface area contributed by atoms with Crippen molar-refractivity contribution in [1.82, 2.24) is 10.2 Å². The summed E-state index contributed by atoms with van der Waals surface area (Å²) < 4.78 is 4.70. The van der Waals surface area contributed by atoms with Gasteiger partial charge in [0.25, 0.3) is 5.56 Å². The van der Waals surface area contributed by atoms with Crippen molar-refractivity contribution in [3.63, 3.8) is 0 Å². The van der Waals surface area contributed by atoms with Gasteiger partial charge in [0, 0.05) is 0 Å². The molecule has 0 saturated carbocycles. The maximum absolute atomic E-state index is 11.2. The third kappa shape index (κ3) is 1.93. The van der Waals surface area contributed by atoms with Gasteiger partial charge >= 0.3 is 5.97 Å². The minimum absolute atomic E-state index is 0.0249. The van der Waals surface area contributed by atoms with Gasteiger partial charge in [0.05, 0.1) is 12.8 Å². The zero-order valence-electron chi connectivity index (χ0n) is 7.46. The van der Waals surface area contributed by atoms with E-state index in [-0.39, 0.29) is 12.2 Å². The van der Waals surface area contributed by atoms with Gasteiger partial charge in [-0.3, -0.25) is 4.79 Å². The number of hydrogen-bond donors (Lipinski definition) is 1. The summed E-state index contributed by atoms with van der Waals surface area (Å²) in [6.07, 6.45) is 1.41. The van der Waals surface area contributed by atoms with Crippen molar-refractivity contribution in [2.24, 2.45) is 0 Å². The fourth-order valence-corrected chi connectivity index (χ4v) is 0.944. The SMILES string of the molecule is CCOC(=O)c1c(C)cn[nH]c1=O. The second kappa shape index (κ2) is 3.84. The fraction of sp³-hybridized carbons (Fsp3) is 0.375. The summed E-state index contributed by atoms with van der Waals surface area (Å²) in [6.45, 7) is 3.57. The molecule has 70 valence electrons. The maximum Gasteiger partial charge on any atom is 0.344 e. The molecule has 0 radical (unpaired) electrons. The van der Waals surface area contributed by atoms with Crippen LogP contribution in [0.15, 0.2) is 11.0 Å². The van der Waals surface area contributed by atoms with Crippen LogP contribution in [-0.2, 0) is 4.74 Å². The highest BCUT2D eigenvalue weighted by atomic mass is 16.5. The Kier molecular flexibility index (Phi) is 2.79. The van der Waals surface area contributed by atoms with E-state index in [1.54, 1.807) is 13.8 Å². The number of aryl methyl sites for hydroxylation is 1. The van der Waals surface area contributed by atoms with Crippen LogP contribution in [0.3, 0.4) is 0 Å². The van der Waals surface area contributed by atoms with Crippen LogP contribution < -0.4 is 5.56 Å². The van der Waals surface area contributed by atoms with Crippen LogP contribution in [0.5, 0.6) is 0 Å². The standard InChI is InChI=1S/C8H10N2O3/c1-3-13-8(12)6-5(2)4-9-10-7(6)11/h4H,3H2,1-2H3,(H,10,11). The summed E-state index contributed by atoms with van der Waals surface area (Å²) in [5.41, 5.74) is 0.0255. The van der Waals surface area contributed by atoms with Crippen molar-refractivity contribution < 1.29 is 9.53 Å². The maximum atomic E-state index is 11.2. The van der Waals surface area contributed by atoms with Gasteiger partial charge in [-0.15, -0.1) is 0 Å². The first-order valence-corrected chi connectivity index (χ1v) is 3.88. The second-order valence-corrected chi connectivity index (χ2v) is 2.48. The van der Waals surface area contributed by atoms with Crippen LogP contribution in [0, 0.1) is 6.92 Å². The molecule has 0 aliphatic heterocycles. The molecule has 1 rings (SSSR count). The monoisotopic (exact) mass is 182 g/mol. The van der Waals surface area contributed by atoms with Gasteiger partial charge in [-0.25, -0.2) is 9.89 Å². The van der Waals surface area contributed by atoms with Crippen LogP contribution in [0.25, 0.3) is 0 Å². The molecule has 1 aromatic rings. The Morgan fingerprint density at radius 1 is 1.69 bits per heavy atom. The molecule has 0 atom stereocenters. The summed E-state index contributed by atoms with van der Waals surface area (Å²) in [7, 11) is 0. The lowest BCUT2D eigenvalue weighted by Gasteiger charge is -2.02. The smallest absolute Gasteiger partial charge is 0.344 e. The molecule has 0 bridgehead atoms. The number of aromatic amines is 1. The molecule has 0 unspecified atom stereocenters. The summed E-state index contributed by atoms with van der Waals surface area (Å²) in [4.78, 5) is 22.4. The summed E-state index contributed by atoms with van der Waals surface area (Å²) in [5.74, 6) is -0.608. The van der Waals surface area contributed by atoms with Crippen LogP contribution in [0.1, 0.15) is 22.8 Å². The third-order valence-electron chi connectivity index (χ3n) is 1.53. The number of aromatic nitrogens is 2. The Hall–Kier alpha value is -1.65. The average Bonchev–Trinajstić information content (AvgIpc) is 2.04. The van der Waals surface area contributed by atoms with Gasteiger partial charge in [0.15, 0.2) is 0 Å². The van der Waals surface area contributed by atoms with E-state index in [2.05, 4.69) is 10.2 Å². The predicted molar refractivity (Wildman–Crippen MR) is 45.6 cm³/mol. The molecule has 1 N–H and O–H groups in total. The topological polar surface area (TPSA) is 72.0 Å². The van der Waals surface area contributed by atoms with Gasteiger partial charge < -0.3 is 4.74 Å². The molecule has 0 fully saturated rings. The zero-order chi connectivity index (χ0) is 9.84. The fourth-order valence-electron chi connectivity index (χ4n) is 0.944. The average molecular weight is 182 g/mol. The molecule has 1 aromatic heterocycles. The molecule has 0 aliphatic rings. The number of carbonyl (C=O) groups excluding carboxylic acids is 1. The Morgan fingerprint density at radius 2 is 2.38 bits per heavy atom. The van der Waals surface area contributed by atoms with Crippen LogP contribution >= 0.6 is 0 Å². The van der Waals surface area contributed by atoms with E-state index in [1.807, 2.05) is 0 Å². The van der Waals surface area contributed by atoms with Gasteiger partial charge in [0.2, 0.25) is 0 Å². The Labute approximate surface area is 74.7 Å². The minimum atomic E-state index is -0.608. The molecule has 0 aliphatic carbocycles. The van der Waals surface area contributed by atoms with Gasteiger partial charge in [-0.2, -0.15) is 5.10 Å². The number of ether oxygens (including phenoxy) is 1. The quantitative estimate of drug-likeness (QED) is 0.665. The second-order valence-electron chi connectivity index (χ2n) is 2.48. The van der Waals surface area contributed by atoms with Gasteiger partial charge in [-0.1, -0.05) is 0 Å². The normalized spacial score (nSPS) is 9.69. The van der Waals surface area contributed by atoms with E-state index < -0.39 is 11.5 Å². The summed E-state index contributed by atoms with van der Waals surface area (Å²) in [6, 6.07) is 0. The molecule has 0 amide bonds. The zero-order valence-corrected chi connectivity index (χ0v) is 7.46. The minimum Gasteiger partial charge on any atom is -0.462 e. The molecular weight excluding hydrogens is 172 g/mol. The Morgan fingerprint density at radius 3 is 2.92 bits per heavy atom. The molecule has 5 heteroatoms. The number of nitrogens with zero attached hydrogens (tertiary/aromatic N) is 1. The van der Waals surface area contributed by atoms with Crippen molar-refractivity contribution in [2.75, 3.05) is 6.61 Å². The number of H-pyrrole nitrogens is 1. The molecular formula is C8H10N2O3. The third-order valence-corrected chi connectivity index (χ3v) is 1.53. The highest BCUT2D eigenvalue weighted by Crippen LogP contribution is 2.00. The highest BCUT2D eigenvalue weighted by molar-refractivity contribution is 5.90. The first-order valence-electron chi connectivity index (χ1n) is 3.88. The molecule has 0 spiro atoms. The molecule has 5 nitrogen and oxygen atoms in total. The van der Waals surface area contributed by atoms with Gasteiger partial charge in [0.1, 0.15) is 5.56 Å². The number of carbonyl (C=O) groups is 1.